The fraction of sp³-hybridized carbons (Fsp3) is 0.111. The zero-order valence-corrected chi connectivity index (χ0v) is 7.95. The van der Waals surface area contributed by atoms with Gasteiger partial charge in [-0.25, -0.2) is 0 Å². The van der Waals surface area contributed by atoms with Gasteiger partial charge in [0.05, 0.1) is 4.92 Å². The Bertz CT molecular complexity index is 322. The van der Waals surface area contributed by atoms with Gasteiger partial charge in [0, 0.05) is 17.2 Å². The van der Waals surface area contributed by atoms with Crippen molar-refractivity contribution in [3.05, 3.63) is 51.6 Å². The van der Waals surface area contributed by atoms with Crippen LogP contribution in [0.1, 0.15) is 6.92 Å². The molecule has 0 spiro atoms. The number of nitrogens with zero attached hydrogens (tertiary/aromatic N) is 1. The number of allylic oxidation sites excluding steroid dienone is 1. The lowest BCUT2D eigenvalue weighted by Crippen LogP contribution is -1.91. The van der Waals surface area contributed by atoms with E-state index in [4.69, 9.17) is 0 Å². The topological polar surface area (TPSA) is 43.1 Å². The number of thioether (sulfide) groups is 1. The van der Waals surface area contributed by atoms with Crippen molar-refractivity contribution < 1.29 is 4.92 Å². The molecule has 0 aliphatic carbocycles. The van der Waals surface area contributed by atoms with Crippen LogP contribution in [0.4, 0.5) is 0 Å². The van der Waals surface area contributed by atoms with Gasteiger partial charge in [-0.2, -0.15) is 0 Å². The van der Waals surface area contributed by atoms with Gasteiger partial charge in [0.2, 0.25) is 5.70 Å². The van der Waals surface area contributed by atoms with Crippen LogP contribution in [0.25, 0.3) is 0 Å². The standard InChI is InChI=1S/C9H9NO2S/c1-8(10(11)12)7-13-9-5-3-2-4-6-9/h2-7H,1H3/b8-7-. The van der Waals surface area contributed by atoms with Gasteiger partial charge >= 0.3 is 0 Å². The predicted molar refractivity (Wildman–Crippen MR) is 53.1 cm³/mol. The van der Waals surface area contributed by atoms with Gasteiger partial charge in [0.1, 0.15) is 0 Å². The minimum absolute atomic E-state index is 0.161. The Balaban J connectivity index is 2.62. The van der Waals surface area contributed by atoms with Crippen LogP contribution in [0.2, 0.25) is 0 Å². The SMILES string of the molecule is C/C(=C/Sc1ccccc1)[N+](=O)[O-]. The van der Waals surface area contributed by atoms with Gasteiger partial charge in [0.25, 0.3) is 0 Å². The van der Waals surface area contributed by atoms with E-state index in [0.29, 0.717) is 0 Å². The lowest BCUT2D eigenvalue weighted by molar-refractivity contribution is -0.424. The maximum atomic E-state index is 10.2. The van der Waals surface area contributed by atoms with Crippen LogP contribution in [-0.4, -0.2) is 4.92 Å². The molecule has 0 atom stereocenters. The molecule has 0 saturated carbocycles. The molecule has 0 N–H and O–H groups in total. The normalized spacial score (nSPS) is 11.3. The number of rotatable bonds is 3. The highest BCUT2D eigenvalue weighted by atomic mass is 32.2. The molecule has 1 aromatic carbocycles. The minimum Gasteiger partial charge on any atom is -0.259 e. The molecular weight excluding hydrogens is 186 g/mol. The van der Waals surface area contributed by atoms with Crippen molar-refractivity contribution in [2.24, 2.45) is 0 Å². The van der Waals surface area contributed by atoms with Gasteiger partial charge in [-0.15, -0.1) is 0 Å². The van der Waals surface area contributed by atoms with E-state index in [1.54, 1.807) is 0 Å². The lowest BCUT2D eigenvalue weighted by atomic mass is 10.4. The van der Waals surface area contributed by atoms with Crippen LogP contribution < -0.4 is 0 Å². The molecule has 0 saturated heterocycles. The molecule has 0 aromatic heterocycles. The summed E-state index contributed by atoms with van der Waals surface area (Å²) in [5.41, 5.74) is 0.161. The molecule has 13 heavy (non-hydrogen) atoms. The number of benzene rings is 1. The minimum atomic E-state index is -0.393. The lowest BCUT2D eigenvalue weighted by Gasteiger charge is -1.93. The van der Waals surface area contributed by atoms with Crippen LogP contribution in [-0.2, 0) is 0 Å². The molecule has 0 aliphatic rings. The summed E-state index contributed by atoms with van der Waals surface area (Å²) < 4.78 is 0. The Hall–Kier alpha value is -1.29. The largest absolute Gasteiger partial charge is 0.259 e. The summed E-state index contributed by atoms with van der Waals surface area (Å²) in [6.07, 6.45) is 0. The van der Waals surface area contributed by atoms with E-state index in [1.165, 1.54) is 24.1 Å². The number of hydrogen-bond acceptors (Lipinski definition) is 3. The Morgan fingerprint density at radius 1 is 1.46 bits per heavy atom. The number of hydrogen-bond donors (Lipinski definition) is 0. The van der Waals surface area contributed by atoms with Crippen LogP contribution in [0.3, 0.4) is 0 Å². The third-order valence-electron chi connectivity index (χ3n) is 1.40. The zero-order valence-electron chi connectivity index (χ0n) is 7.14. The number of nitro groups is 1. The molecule has 0 fully saturated rings. The van der Waals surface area contributed by atoms with Crippen molar-refractivity contribution in [2.45, 2.75) is 11.8 Å². The summed E-state index contributed by atoms with van der Waals surface area (Å²) in [5, 5.41) is 11.8. The van der Waals surface area contributed by atoms with Crippen LogP contribution in [0, 0.1) is 10.1 Å². The maximum Gasteiger partial charge on any atom is 0.249 e. The van der Waals surface area contributed by atoms with E-state index >= 15 is 0 Å². The Morgan fingerprint density at radius 3 is 2.62 bits per heavy atom. The molecule has 3 nitrogen and oxygen atoms in total. The molecule has 0 aliphatic heterocycles. The van der Waals surface area contributed by atoms with Crippen molar-refractivity contribution in [3.63, 3.8) is 0 Å². The zero-order chi connectivity index (χ0) is 9.68. The molecule has 1 rings (SSSR count). The highest BCUT2D eigenvalue weighted by molar-refractivity contribution is 8.02. The third-order valence-corrected chi connectivity index (χ3v) is 2.40. The average Bonchev–Trinajstić information content (AvgIpc) is 2.15. The second kappa shape index (κ2) is 4.67. The molecule has 0 bridgehead atoms. The van der Waals surface area contributed by atoms with Gasteiger partial charge < -0.3 is 0 Å². The summed E-state index contributed by atoms with van der Waals surface area (Å²) in [5.74, 6) is 0. The first-order valence-corrected chi connectivity index (χ1v) is 4.61. The second-order valence-corrected chi connectivity index (χ2v) is 3.39. The van der Waals surface area contributed by atoms with E-state index in [2.05, 4.69) is 0 Å². The molecule has 4 heteroatoms. The quantitative estimate of drug-likeness (QED) is 0.423. The Labute approximate surface area is 80.6 Å². The molecule has 0 amide bonds. The van der Waals surface area contributed by atoms with Crippen LogP contribution >= 0.6 is 11.8 Å². The Morgan fingerprint density at radius 2 is 2.08 bits per heavy atom. The first-order chi connectivity index (χ1) is 6.20. The second-order valence-electron chi connectivity index (χ2n) is 2.45. The summed E-state index contributed by atoms with van der Waals surface area (Å²) in [6, 6.07) is 9.53. The summed E-state index contributed by atoms with van der Waals surface area (Å²) in [6.45, 7) is 1.48. The average molecular weight is 195 g/mol. The van der Waals surface area contributed by atoms with E-state index in [9.17, 15) is 10.1 Å². The molecule has 0 unspecified atom stereocenters. The maximum absolute atomic E-state index is 10.2. The highest BCUT2D eigenvalue weighted by Crippen LogP contribution is 2.19. The first kappa shape index (κ1) is 9.80. The molecule has 0 heterocycles. The molecule has 68 valence electrons. The van der Waals surface area contributed by atoms with Crippen molar-refractivity contribution in [1.29, 1.82) is 0 Å². The van der Waals surface area contributed by atoms with Gasteiger partial charge in [0.15, 0.2) is 0 Å². The molecular formula is C9H9NO2S. The summed E-state index contributed by atoms with van der Waals surface area (Å²) >= 11 is 1.35. The summed E-state index contributed by atoms with van der Waals surface area (Å²) in [4.78, 5) is 10.9. The summed E-state index contributed by atoms with van der Waals surface area (Å²) in [7, 11) is 0. The van der Waals surface area contributed by atoms with Crippen LogP contribution in [0.15, 0.2) is 46.3 Å². The van der Waals surface area contributed by atoms with E-state index in [1.807, 2.05) is 30.3 Å². The fourth-order valence-electron chi connectivity index (χ4n) is 0.695. The van der Waals surface area contributed by atoms with Gasteiger partial charge in [-0.1, -0.05) is 30.0 Å². The van der Waals surface area contributed by atoms with Crippen molar-refractivity contribution in [3.8, 4) is 0 Å². The van der Waals surface area contributed by atoms with Gasteiger partial charge in [-0.05, 0) is 12.1 Å². The highest BCUT2D eigenvalue weighted by Gasteiger charge is 2.00. The molecule has 1 aromatic rings. The smallest absolute Gasteiger partial charge is 0.249 e. The Kier molecular flexibility index (Phi) is 3.52. The monoisotopic (exact) mass is 195 g/mol. The van der Waals surface area contributed by atoms with Crippen molar-refractivity contribution >= 4 is 11.8 Å². The first-order valence-electron chi connectivity index (χ1n) is 3.73. The van der Waals surface area contributed by atoms with E-state index in [-0.39, 0.29) is 5.70 Å². The van der Waals surface area contributed by atoms with E-state index in [0.717, 1.165) is 4.90 Å². The van der Waals surface area contributed by atoms with Crippen molar-refractivity contribution in [1.82, 2.24) is 0 Å². The van der Waals surface area contributed by atoms with E-state index < -0.39 is 4.92 Å². The van der Waals surface area contributed by atoms with Gasteiger partial charge in [-0.3, -0.25) is 10.1 Å². The third kappa shape index (κ3) is 3.29. The molecule has 0 radical (unpaired) electrons. The fourth-order valence-corrected chi connectivity index (χ4v) is 1.40. The van der Waals surface area contributed by atoms with Crippen molar-refractivity contribution in [2.75, 3.05) is 0 Å². The predicted octanol–water partition coefficient (Wildman–Crippen LogP) is 2.92. The van der Waals surface area contributed by atoms with Crippen LogP contribution in [0.5, 0.6) is 0 Å².